The van der Waals surface area contributed by atoms with Crippen LogP contribution in [0.15, 0.2) is 46.9 Å². The van der Waals surface area contributed by atoms with Crippen molar-refractivity contribution in [3.8, 4) is 0 Å². The van der Waals surface area contributed by atoms with Gasteiger partial charge < -0.3 is 4.90 Å². The van der Waals surface area contributed by atoms with Crippen molar-refractivity contribution in [2.45, 2.75) is 19.1 Å². The molecular weight excluding hydrogens is 358 g/mol. The smallest absolute Gasteiger partial charge is 0.258 e. The lowest BCUT2D eigenvalue weighted by Gasteiger charge is -2.17. The number of rotatable bonds is 4. The van der Waals surface area contributed by atoms with Crippen LogP contribution in [0.25, 0.3) is 0 Å². The lowest BCUT2D eigenvalue weighted by molar-refractivity contribution is 0.0989. The summed E-state index contributed by atoms with van der Waals surface area (Å²) >= 11 is 5.38. The fourth-order valence-electron chi connectivity index (χ4n) is 2.70. The molecular formula is C18H18BrNOS. The van der Waals surface area contributed by atoms with E-state index in [1.807, 2.05) is 40.9 Å². The first-order valence-electron chi connectivity index (χ1n) is 7.46. The van der Waals surface area contributed by atoms with Gasteiger partial charge in [0, 0.05) is 28.0 Å². The number of nitrogens with zero attached hydrogens (tertiary/aromatic N) is 1. The summed E-state index contributed by atoms with van der Waals surface area (Å²) in [6.07, 6.45) is 0.922. The van der Waals surface area contributed by atoms with Crippen LogP contribution in [-0.2, 0) is 12.2 Å². The normalized spacial score (nSPS) is 13.3. The highest BCUT2D eigenvalue weighted by Crippen LogP contribution is 2.31. The van der Waals surface area contributed by atoms with Crippen molar-refractivity contribution in [3.05, 3.63) is 63.6 Å². The van der Waals surface area contributed by atoms with Gasteiger partial charge in [-0.05, 0) is 53.6 Å². The topological polar surface area (TPSA) is 20.3 Å². The number of anilines is 1. The number of carbonyl (C=O) groups excluding carboxylic acids is 1. The first-order valence-corrected chi connectivity index (χ1v) is 9.41. The highest BCUT2D eigenvalue weighted by molar-refractivity contribution is 9.10. The summed E-state index contributed by atoms with van der Waals surface area (Å²) in [6, 6.07) is 14.2. The van der Waals surface area contributed by atoms with Gasteiger partial charge in [0.1, 0.15) is 0 Å². The minimum absolute atomic E-state index is 0.0933. The fraction of sp³-hybridized carbons (Fsp3) is 0.278. The van der Waals surface area contributed by atoms with Crippen molar-refractivity contribution >= 4 is 39.3 Å². The Balaban J connectivity index is 1.78. The summed E-state index contributed by atoms with van der Waals surface area (Å²) in [5.74, 6) is 2.21. The first kappa shape index (κ1) is 15.6. The van der Waals surface area contributed by atoms with Gasteiger partial charge in [-0.3, -0.25) is 4.79 Å². The Bertz CT molecular complexity index is 684. The van der Waals surface area contributed by atoms with Gasteiger partial charge in [-0.2, -0.15) is 11.8 Å². The number of benzene rings is 2. The molecule has 3 rings (SSSR count). The molecule has 0 fully saturated rings. The second-order valence-corrected chi connectivity index (χ2v) is 7.50. The molecule has 114 valence electrons. The van der Waals surface area contributed by atoms with Crippen LogP contribution in [-0.4, -0.2) is 18.2 Å². The third kappa shape index (κ3) is 3.23. The number of fused-ring (bicyclic) bond motifs is 1. The van der Waals surface area contributed by atoms with E-state index >= 15 is 0 Å². The Morgan fingerprint density at radius 3 is 2.73 bits per heavy atom. The van der Waals surface area contributed by atoms with Crippen LogP contribution in [0.3, 0.4) is 0 Å². The summed E-state index contributed by atoms with van der Waals surface area (Å²) in [6.45, 7) is 2.92. The van der Waals surface area contributed by atoms with Crippen molar-refractivity contribution in [2.24, 2.45) is 0 Å². The molecule has 2 aromatic rings. The Kier molecular flexibility index (Phi) is 4.89. The molecule has 0 bridgehead atoms. The second-order valence-electron chi connectivity index (χ2n) is 5.31. The molecule has 4 heteroatoms. The van der Waals surface area contributed by atoms with Gasteiger partial charge in [0.05, 0.1) is 0 Å². The minimum atomic E-state index is 0.0933. The molecule has 0 spiro atoms. The van der Waals surface area contributed by atoms with E-state index in [1.165, 1.54) is 11.1 Å². The average molecular weight is 376 g/mol. The van der Waals surface area contributed by atoms with Crippen molar-refractivity contribution in [1.29, 1.82) is 0 Å². The predicted octanol–water partition coefficient (Wildman–Crippen LogP) is 4.91. The SMILES string of the molecule is CCSCc1ccc(C(=O)N2CCc3cc(Br)ccc32)cc1. The average Bonchev–Trinajstić information content (AvgIpc) is 2.95. The molecule has 2 aromatic carbocycles. The van der Waals surface area contributed by atoms with Crippen molar-refractivity contribution in [3.63, 3.8) is 0 Å². The maximum atomic E-state index is 12.7. The zero-order chi connectivity index (χ0) is 15.5. The second kappa shape index (κ2) is 6.88. The minimum Gasteiger partial charge on any atom is -0.308 e. The van der Waals surface area contributed by atoms with E-state index in [2.05, 4.69) is 41.1 Å². The largest absolute Gasteiger partial charge is 0.308 e. The molecule has 0 aromatic heterocycles. The molecule has 0 aliphatic carbocycles. The lowest BCUT2D eigenvalue weighted by atomic mass is 10.1. The molecule has 1 aliphatic rings. The number of hydrogen-bond donors (Lipinski definition) is 0. The van der Waals surface area contributed by atoms with Gasteiger partial charge in [-0.25, -0.2) is 0 Å². The Hall–Kier alpha value is -1.26. The highest BCUT2D eigenvalue weighted by atomic mass is 79.9. The van der Waals surface area contributed by atoms with Gasteiger partial charge in [-0.1, -0.05) is 35.0 Å². The first-order chi connectivity index (χ1) is 10.7. The molecule has 1 amide bonds. The standard InChI is InChI=1S/C18H18BrNOS/c1-2-22-12-13-3-5-14(6-4-13)18(21)20-10-9-15-11-16(19)7-8-17(15)20/h3-8,11H,2,9-10,12H2,1H3. The van der Waals surface area contributed by atoms with E-state index in [0.717, 1.165) is 40.2 Å². The maximum Gasteiger partial charge on any atom is 0.258 e. The number of halogens is 1. The van der Waals surface area contributed by atoms with Crippen molar-refractivity contribution in [1.82, 2.24) is 0 Å². The van der Waals surface area contributed by atoms with E-state index in [-0.39, 0.29) is 5.91 Å². The molecule has 1 heterocycles. The summed E-state index contributed by atoms with van der Waals surface area (Å²) in [4.78, 5) is 14.6. The monoisotopic (exact) mass is 375 g/mol. The lowest BCUT2D eigenvalue weighted by Crippen LogP contribution is -2.28. The molecule has 0 saturated heterocycles. The van der Waals surface area contributed by atoms with E-state index in [0.29, 0.717) is 0 Å². The van der Waals surface area contributed by atoms with E-state index in [9.17, 15) is 4.79 Å². The molecule has 22 heavy (non-hydrogen) atoms. The molecule has 0 atom stereocenters. The van der Waals surface area contributed by atoms with Crippen LogP contribution in [0.5, 0.6) is 0 Å². The third-order valence-electron chi connectivity index (χ3n) is 3.86. The van der Waals surface area contributed by atoms with E-state index in [4.69, 9.17) is 0 Å². The molecule has 0 N–H and O–H groups in total. The van der Waals surface area contributed by atoms with Gasteiger partial charge in [0.25, 0.3) is 5.91 Å². The number of thioether (sulfide) groups is 1. The zero-order valence-corrected chi connectivity index (χ0v) is 14.9. The zero-order valence-electron chi connectivity index (χ0n) is 12.5. The van der Waals surface area contributed by atoms with Crippen LogP contribution < -0.4 is 4.90 Å². The van der Waals surface area contributed by atoms with E-state index in [1.54, 1.807) is 0 Å². The fourth-order valence-corrected chi connectivity index (χ4v) is 3.74. The molecule has 0 unspecified atom stereocenters. The van der Waals surface area contributed by atoms with Crippen molar-refractivity contribution in [2.75, 3.05) is 17.2 Å². The van der Waals surface area contributed by atoms with Gasteiger partial charge in [0.15, 0.2) is 0 Å². The number of amides is 1. The molecule has 2 nitrogen and oxygen atoms in total. The highest BCUT2D eigenvalue weighted by Gasteiger charge is 2.25. The van der Waals surface area contributed by atoms with Crippen LogP contribution in [0.1, 0.15) is 28.4 Å². The Morgan fingerprint density at radius 2 is 2.00 bits per heavy atom. The van der Waals surface area contributed by atoms with Crippen molar-refractivity contribution < 1.29 is 4.79 Å². The molecule has 1 aliphatic heterocycles. The quantitative estimate of drug-likeness (QED) is 0.756. The Labute approximate surface area is 144 Å². The predicted molar refractivity (Wildman–Crippen MR) is 97.8 cm³/mol. The Morgan fingerprint density at radius 1 is 1.23 bits per heavy atom. The van der Waals surface area contributed by atoms with Gasteiger partial charge >= 0.3 is 0 Å². The number of hydrogen-bond acceptors (Lipinski definition) is 2. The summed E-state index contributed by atoms with van der Waals surface area (Å²) in [5, 5.41) is 0. The summed E-state index contributed by atoms with van der Waals surface area (Å²) in [5.41, 5.74) is 4.31. The van der Waals surface area contributed by atoms with Gasteiger partial charge in [0.2, 0.25) is 0 Å². The number of carbonyl (C=O) groups is 1. The van der Waals surface area contributed by atoms with Crippen LogP contribution in [0.4, 0.5) is 5.69 Å². The summed E-state index contributed by atoms with van der Waals surface area (Å²) in [7, 11) is 0. The molecule has 0 saturated carbocycles. The van der Waals surface area contributed by atoms with Crippen LogP contribution in [0.2, 0.25) is 0 Å². The van der Waals surface area contributed by atoms with E-state index < -0.39 is 0 Å². The van der Waals surface area contributed by atoms with Crippen LogP contribution >= 0.6 is 27.7 Å². The summed E-state index contributed by atoms with van der Waals surface area (Å²) < 4.78 is 1.07. The molecule has 0 radical (unpaired) electrons. The van der Waals surface area contributed by atoms with Gasteiger partial charge in [-0.15, -0.1) is 0 Å². The van der Waals surface area contributed by atoms with Crippen LogP contribution in [0, 0.1) is 0 Å². The maximum absolute atomic E-state index is 12.7. The third-order valence-corrected chi connectivity index (χ3v) is 5.29.